The van der Waals surface area contributed by atoms with E-state index in [0.717, 1.165) is 24.1 Å². The number of rotatable bonds is 6. The van der Waals surface area contributed by atoms with Crippen LogP contribution in [0.2, 0.25) is 0 Å². The van der Waals surface area contributed by atoms with Crippen LogP contribution in [0, 0.1) is 0 Å². The maximum Gasteiger partial charge on any atom is 0.221 e. The summed E-state index contributed by atoms with van der Waals surface area (Å²) < 4.78 is 1.78. The van der Waals surface area contributed by atoms with Gasteiger partial charge in [-0.25, -0.2) is 0 Å². The first-order valence-corrected chi connectivity index (χ1v) is 6.10. The van der Waals surface area contributed by atoms with Gasteiger partial charge in [0.15, 0.2) is 0 Å². The van der Waals surface area contributed by atoms with Crippen molar-refractivity contribution in [3.05, 3.63) is 17.5 Å². The second-order valence-electron chi connectivity index (χ2n) is 4.28. The predicted octanol–water partition coefficient (Wildman–Crippen LogP) is 0.726. The normalized spacial score (nSPS) is 12.5. The summed E-state index contributed by atoms with van der Waals surface area (Å²) in [5.74, 6) is 0.00487. The lowest BCUT2D eigenvalue weighted by molar-refractivity contribution is -0.121. The SMILES string of the molecule is CCc1nn(C)cc1CNC(=O)CC(N)CC. The third-order valence-corrected chi connectivity index (χ3v) is 2.77. The first-order chi connectivity index (χ1) is 8.06. The number of nitrogens with one attached hydrogen (secondary N) is 1. The lowest BCUT2D eigenvalue weighted by Gasteiger charge is -2.09. The molecule has 5 nitrogen and oxygen atoms in total. The van der Waals surface area contributed by atoms with E-state index in [-0.39, 0.29) is 11.9 Å². The zero-order valence-electron chi connectivity index (χ0n) is 10.9. The Bertz CT molecular complexity index is 373. The summed E-state index contributed by atoms with van der Waals surface area (Å²) in [6.07, 6.45) is 4.03. The average Bonchev–Trinajstić information content (AvgIpc) is 2.66. The largest absolute Gasteiger partial charge is 0.352 e. The smallest absolute Gasteiger partial charge is 0.221 e. The van der Waals surface area contributed by atoms with Crippen LogP contribution in [0.15, 0.2) is 6.20 Å². The van der Waals surface area contributed by atoms with Crippen LogP contribution in [0.25, 0.3) is 0 Å². The van der Waals surface area contributed by atoms with E-state index < -0.39 is 0 Å². The Morgan fingerprint density at radius 2 is 2.29 bits per heavy atom. The highest BCUT2D eigenvalue weighted by Crippen LogP contribution is 2.06. The predicted molar refractivity (Wildman–Crippen MR) is 67.3 cm³/mol. The first-order valence-electron chi connectivity index (χ1n) is 6.10. The number of carbonyl (C=O) groups excluding carboxylic acids is 1. The minimum absolute atomic E-state index is 0.00487. The summed E-state index contributed by atoms with van der Waals surface area (Å²) in [6, 6.07) is -0.0467. The molecule has 0 aliphatic heterocycles. The van der Waals surface area contributed by atoms with Crippen molar-refractivity contribution in [3.8, 4) is 0 Å². The molecule has 0 radical (unpaired) electrons. The van der Waals surface area contributed by atoms with E-state index >= 15 is 0 Å². The van der Waals surface area contributed by atoms with Crippen LogP contribution in [0.5, 0.6) is 0 Å². The third kappa shape index (κ3) is 4.19. The van der Waals surface area contributed by atoms with Gasteiger partial charge in [0.2, 0.25) is 5.91 Å². The fourth-order valence-corrected chi connectivity index (χ4v) is 1.68. The molecule has 96 valence electrons. The first kappa shape index (κ1) is 13.7. The minimum atomic E-state index is -0.0467. The molecule has 0 saturated heterocycles. The van der Waals surface area contributed by atoms with Crippen molar-refractivity contribution in [2.75, 3.05) is 0 Å². The third-order valence-electron chi connectivity index (χ3n) is 2.77. The lowest BCUT2D eigenvalue weighted by atomic mass is 10.1. The Kier molecular flexibility index (Phi) is 5.15. The number of nitrogens with zero attached hydrogens (tertiary/aromatic N) is 2. The molecule has 0 spiro atoms. The topological polar surface area (TPSA) is 72.9 Å². The highest BCUT2D eigenvalue weighted by Gasteiger charge is 2.10. The van der Waals surface area contributed by atoms with Gasteiger partial charge in [0.05, 0.1) is 5.69 Å². The van der Waals surface area contributed by atoms with E-state index in [4.69, 9.17) is 5.73 Å². The molecule has 1 unspecified atom stereocenters. The summed E-state index contributed by atoms with van der Waals surface area (Å²) in [6.45, 7) is 4.57. The molecule has 0 fully saturated rings. The summed E-state index contributed by atoms with van der Waals surface area (Å²) in [5.41, 5.74) is 7.84. The highest BCUT2D eigenvalue weighted by molar-refractivity contribution is 5.76. The zero-order valence-corrected chi connectivity index (χ0v) is 10.9. The Hall–Kier alpha value is -1.36. The number of hydrogen-bond donors (Lipinski definition) is 2. The van der Waals surface area contributed by atoms with Gasteiger partial charge < -0.3 is 11.1 Å². The molecule has 1 heterocycles. The van der Waals surface area contributed by atoms with Crippen molar-refractivity contribution in [2.45, 2.75) is 45.7 Å². The monoisotopic (exact) mass is 238 g/mol. The summed E-state index contributed by atoms with van der Waals surface area (Å²) in [7, 11) is 1.89. The van der Waals surface area contributed by atoms with Crippen molar-refractivity contribution in [3.63, 3.8) is 0 Å². The van der Waals surface area contributed by atoms with Gasteiger partial charge in [0.1, 0.15) is 0 Å². The van der Waals surface area contributed by atoms with Gasteiger partial charge >= 0.3 is 0 Å². The van der Waals surface area contributed by atoms with Gasteiger partial charge in [-0.3, -0.25) is 9.48 Å². The zero-order chi connectivity index (χ0) is 12.8. The maximum atomic E-state index is 11.6. The lowest BCUT2D eigenvalue weighted by Crippen LogP contribution is -2.31. The number of aryl methyl sites for hydroxylation is 2. The summed E-state index contributed by atoms with van der Waals surface area (Å²) >= 11 is 0. The van der Waals surface area contributed by atoms with Crippen LogP contribution in [0.4, 0.5) is 0 Å². The van der Waals surface area contributed by atoms with E-state index in [1.165, 1.54) is 0 Å². The van der Waals surface area contributed by atoms with E-state index in [0.29, 0.717) is 13.0 Å². The Labute approximate surface area is 102 Å². The van der Waals surface area contributed by atoms with Crippen LogP contribution >= 0.6 is 0 Å². The molecular weight excluding hydrogens is 216 g/mol. The Morgan fingerprint density at radius 3 is 2.88 bits per heavy atom. The van der Waals surface area contributed by atoms with Crippen molar-refractivity contribution in [2.24, 2.45) is 12.8 Å². The molecule has 0 saturated carbocycles. The summed E-state index contributed by atoms with van der Waals surface area (Å²) in [5, 5.41) is 7.20. The van der Waals surface area contributed by atoms with Gasteiger partial charge in [-0.1, -0.05) is 13.8 Å². The molecule has 3 N–H and O–H groups in total. The number of aromatic nitrogens is 2. The Balaban J connectivity index is 2.46. The number of carbonyl (C=O) groups is 1. The molecule has 1 atom stereocenters. The molecule has 1 aromatic rings. The van der Waals surface area contributed by atoms with Gasteiger partial charge in [-0.2, -0.15) is 5.10 Å². The van der Waals surface area contributed by atoms with Gasteiger partial charge in [0, 0.05) is 37.8 Å². The van der Waals surface area contributed by atoms with Crippen LogP contribution in [-0.2, 0) is 24.8 Å². The van der Waals surface area contributed by atoms with Crippen LogP contribution in [0.1, 0.15) is 37.9 Å². The molecule has 0 aromatic carbocycles. The number of nitrogens with two attached hydrogens (primary N) is 1. The fraction of sp³-hybridized carbons (Fsp3) is 0.667. The van der Waals surface area contributed by atoms with Crippen LogP contribution in [-0.4, -0.2) is 21.7 Å². The van der Waals surface area contributed by atoms with E-state index in [1.807, 2.05) is 20.2 Å². The molecule has 0 aliphatic rings. The molecule has 0 bridgehead atoms. The number of amides is 1. The molecule has 17 heavy (non-hydrogen) atoms. The van der Waals surface area contributed by atoms with Gasteiger partial charge in [0.25, 0.3) is 0 Å². The van der Waals surface area contributed by atoms with E-state index in [2.05, 4.69) is 17.3 Å². The molecule has 5 heteroatoms. The summed E-state index contributed by atoms with van der Waals surface area (Å²) in [4.78, 5) is 11.6. The molecule has 1 aromatic heterocycles. The van der Waals surface area contributed by atoms with Crippen molar-refractivity contribution in [1.29, 1.82) is 0 Å². The fourth-order valence-electron chi connectivity index (χ4n) is 1.68. The molecule has 1 amide bonds. The number of hydrogen-bond acceptors (Lipinski definition) is 3. The maximum absolute atomic E-state index is 11.6. The second kappa shape index (κ2) is 6.39. The van der Waals surface area contributed by atoms with Crippen LogP contribution < -0.4 is 11.1 Å². The second-order valence-corrected chi connectivity index (χ2v) is 4.28. The molecular formula is C12H22N4O. The highest BCUT2D eigenvalue weighted by atomic mass is 16.1. The quantitative estimate of drug-likeness (QED) is 0.767. The average molecular weight is 238 g/mol. The van der Waals surface area contributed by atoms with Crippen molar-refractivity contribution in [1.82, 2.24) is 15.1 Å². The van der Waals surface area contributed by atoms with E-state index in [9.17, 15) is 4.79 Å². The minimum Gasteiger partial charge on any atom is -0.352 e. The van der Waals surface area contributed by atoms with Gasteiger partial charge in [-0.15, -0.1) is 0 Å². The molecule has 1 rings (SSSR count). The van der Waals surface area contributed by atoms with E-state index in [1.54, 1.807) is 4.68 Å². The van der Waals surface area contributed by atoms with Crippen LogP contribution in [0.3, 0.4) is 0 Å². The van der Waals surface area contributed by atoms with Crippen molar-refractivity contribution < 1.29 is 4.79 Å². The molecule has 0 aliphatic carbocycles. The Morgan fingerprint density at radius 1 is 1.59 bits per heavy atom. The van der Waals surface area contributed by atoms with Gasteiger partial charge in [-0.05, 0) is 12.8 Å². The standard InChI is InChI=1S/C12H22N4O/c1-4-10(13)6-12(17)14-7-9-8-16(3)15-11(9)5-2/h8,10H,4-7,13H2,1-3H3,(H,14,17). The van der Waals surface area contributed by atoms with Crippen molar-refractivity contribution >= 4 is 5.91 Å².